The van der Waals surface area contributed by atoms with Crippen LogP contribution >= 0.6 is 22.9 Å². The van der Waals surface area contributed by atoms with E-state index < -0.39 is 0 Å². The van der Waals surface area contributed by atoms with Crippen molar-refractivity contribution in [2.45, 2.75) is 32.6 Å². The first-order chi connectivity index (χ1) is 13.5. The highest BCUT2D eigenvalue weighted by atomic mass is 35.5. The first-order valence-corrected chi connectivity index (χ1v) is 10.5. The monoisotopic (exact) mass is 424 g/mol. The first kappa shape index (κ1) is 22.6. The SMILES string of the molecule is CCNC(=NCC(OC)c1cccc(Cl)c1)N(C)Cc1csc(C(C)OC)n1. The van der Waals surface area contributed by atoms with Crippen molar-refractivity contribution < 1.29 is 9.47 Å². The summed E-state index contributed by atoms with van der Waals surface area (Å²) < 4.78 is 11.0. The lowest BCUT2D eigenvalue weighted by molar-refractivity contribution is 0.110. The largest absolute Gasteiger partial charge is 0.375 e. The number of nitrogens with one attached hydrogen (secondary N) is 1. The van der Waals surface area contributed by atoms with Gasteiger partial charge in [-0.25, -0.2) is 4.98 Å². The highest BCUT2D eigenvalue weighted by molar-refractivity contribution is 7.09. The molecule has 0 bridgehead atoms. The predicted molar refractivity (Wildman–Crippen MR) is 116 cm³/mol. The van der Waals surface area contributed by atoms with Gasteiger partial charge in [-0.3, -0.25) is 4.99 Å². The van der Waals surface area contributed by atoms with E-state index >= 15 is 0 Å². The van der Waals surface area contributed by atoms with E-state index in [0.717, 1.165) is 28.8 Å². The van der Waals surface area contributed by atoms with Gasteiger partial charge in [0, 0.05) is 38.2 Å². The molecular weight excluding hydrogens is 396 g/mol. The van der Waals surface area contributed by atoms with Gasteiger partial charge in [-0.2, -0.15) is 0 Å². The maximum absolute atomic E-state index is 6.11. The summed E-state index contributed by atoms with van der Waals surface area (Å²) in [5.41, 5.74) is 2.00. The Bertz CT molecular complexity index is 768. The molecule has 0 aliphatic heterocycles. The maximum Gasteiger partial charge on any atom is 0.194 e. The number of halogens is 1. The fourth-order valence-corrected chi connectivity index (χ4v) is 3.70. The third-order valence-corrected chi connectivity index (χ3v) is 5.57. The second-order valence-electron chi connectivity index (χ2n) is 6.39. The number of hydrogen-bond acceptors (Lipinski definition) is 5. The van der Waals surface area contributed by atoms with Crippen molar-refractivity contribution >= 4 is 28.9 Å². The number of nitrogens with zero attached hydrogens (tertiary/aromatic N) is 3. The van der Waals surface area contributed by atoms with Gasteiger partial charge in [0.1, 0.15) is 17.2 Å². The molecule has 1 aromatic carbocycles. The van der Waals surface area contributed by atoms with Crippen LogP contribution in [0.15, 0.2) is 34.6 Å². The minimum Gasteiger partial charge on any atom is -0.375 e. The Labute approximate surface area is 176 Å². The van der Waals surface area contributed by atoms with Crippen molar-refractivity contribution in [1.29, 1.82) is 0 Å². The zero-order valence-electron chi connectivity index (χ0n) is 17.1. The molecule has 0 spiro atoms. The summed E-state index contributed by atoms with van der Waals surface area (Å²) in [7, 11) is 5.38. The standard InChI is InChI=1S/C20H29ClN4O2S/c1-6-22-20(23-11-18(27-5)15-8-7-9-16(21)10-15)25(3)12-17-13-28-19(24-17)14(2)26-4/h7-10,13-14,18H,6,11-12H2,1-5H3,(H,22,23). The summed E-state index contributed by atoms with van der Waals surface area (Å²) in [4.78, 5) is 11.5. The highest BCUT2D eigenvalue weighted by Gasteiger charge is 2.15. The van der Waals surface area contributed by atoms with Crippen molar-refractivity contribution in [3.63, 3.8) is 0 Å². The Kier molecular flexibility index (Phi) is 9.18. The van der Waals surface area contributed by atoms with Crippen LogP contribution in [0.5, 0.6) is 0 Å². The average Bonchev–Trinajstić information content (AvgIpc) is 3.15. The van der Waals surface area contributed by atoms with Crippen molar-refractivity contribution in [1.82, 2.24) is 15.2 Å². The molecule has 0 saturated carbocycles. The summed E-state index contributed by atoms with van der Waals surface area (Å²) in [5, 5.41) is 7.07. The summed E-state index contributed by atoms with van der Waals surface area (Å²) in [6, 6.07) is 7.69. The smallest absolute Gasteiger partial charge is 0.194 e. The van der Waals surface area contributed by atoms with Gasteiger partial charge in [0.05, 0.1) is 18.8 Å². The Balaban J connectivity index is 2.08. The van der Waals surface area contributed by atoms with Gasteiger partial charge in [0.2, 0.25) is 0 Å². The van der Waals surface area contributed by atoms with E-state index in [0.29, 0.717) is 18.1 Å². The van der Waals surface area contributed by atoms with Crippen LogP contribution in [0.2, 0.25) is 5.02 Å². The normalized spacial score (nSPS) is 14.0. The fourth-order valence-electron chi connectivity index (χ4n) is 2.66. The number of aromatic nitrogens is 1. The zero-order valence-corrected chi connectivity index (χ0v) is 18.7. The summed E-state index contributed by atoms with van der Waals surface area (Å²) in [6.07, 6.45) is -0.152. The van der Waals surface area contributed by atoms with Crippen LogP contribution in [0.3, 0.4) is 0 Å². The van der Waals surface area contributed by atoms with E-state index in [2.05, 4.69) is 27.5 Å². The Hall–Kier alpha value is -1.67. The lowest BCUT2D eigenvalue weighted by atomic mass is 10.1. The average molecular weight is 425 g/mol. The molecule has 0 radical (unpaired) electrons. The molecule has 154 valence electrons. The minimum atomic E-state index is -0.158. The predicted octanol–water partition coefficient (Wildman–Crippen LogP) is 4.29. The lowest BCUT2D eigenvalue weighted by Crippen LogP contribution is -2.39. The molecule has 0 fully saturated rings. The van der Waals surface area contributed by atoms with Crippen LogP contribution < -0.4 is 5.32 Å². The van der Waals surface area contributed by atoms with E-state index in [1.807, 2.05) is 38.2 Å². The lowest BCUT2D eigenvalue weighted by Gasteiger charge is -2.22. The fraction of sp³-hybridized carbons (Fsp3) is 0.500. The zero-order chi connectivity index (χ0) is 20.5. The Morgan fingerprint density at radius 1 is 1.36 bits per heavy atom. The molecule has 2 atom stereocenters. The molecule has 0 aliphatic rings. The Morgan fingerprint density at radius 3 is 2.79 bits per heavy atom. The van der Waals surface area contributed by atoms with E-state index in [1.165, 1.54) is 0 Å². The number of benzene rings is 1. The molecule has 1 heterocycles. The van der Waals surface area contributed by atoms with Gasteiger partial charge in [0.25, 0.3) is 0 Å². The Morgan fingerprint density at radius 2 is 2.14 bits per heavy atom. The molecule has 2 unspecified atom stereocenters. The van der Waals surface area contributed by atoms with E-state index in [1.54, 1.807) is 25.6 Å². The van der Waals surface area contributed by atoms with Gasteiger partial charge in [-0.05, 0) is 31.5 Å². The van der Waals surface area contributed by atoms with Gasteiger partial charge < -0.3 is 19.7 Å². The van der Waals surface area contributed by atoms with Gasteiger partial charge >= 0.3 is 0 Å². The maximum atomic E-state index is 6.11. The van der Waals surface area contributed by atoms with Crippen molar-refractivity contribution in [3.05, 3.63) is 50.9 Å². The van der Waals surface area contributed by atoms with Crippen molar-refractivity contribution in [2.75, 3.05) is 34.4 Å². The second-order valence-corrected chi connectivity index (χ2v) is 7.71. The van der Waals surface area contributed by atoms with E-state index in [9.17, 15) is 0 Å². The molecule has 28 heavy (non-hydrogen) atoms. The molecular formula is C20H29ClN4O2S. The van der Waals surface area contributed by atoms with Gasteiger partial charge in [0.15, 0.2) is 5.96 Å². The number of rotatable bonds is 9. The molecule has 2 aromatic rings. The highest BCUT2D eigenvalue weighted by Crippen LogP contribution is 2.22. The topological polar surface area (TPSA) is 59.0 Å². The number of guanidine groups is 1. The molecule has 0 saturated heterocycles. The second kappa shape index (κ2) is 11.4. The van der Waals surface area contributed by atoms with E-state index in [4.69, 9.17) is 26.1 Å². The summed E-state index contributed by atoms with van der Waals surface area (Å²) >= 11 is 7.72. The van der Waals surface area contributed by atoms with Gasteiger partial charge in [-0.1, -0.05) is 23.7 Å². The van der Waals surface area contributed by atoms with Crippen LogP contribution in [-0.2, 0) is 16.0 Å². The van der Waals surface area contributed by atoms with Crippen molar-refractivity contribution in [3.8, 4) is 0 Å². The van der Waals surface area contributed by atoms with Crippen molar-refractivity contribution in [2.24, 2.45) is 4.99 Å². The van der Waals surface area contributed by atoms with E-state index in [-0.39, 0.29) is 12.2 Å². The first-order valence-electron chi connectivity index (χ1n) is 9.23. The number of hydrogen-bond donors (Lipinski definition) is 1. The van der Waals surface area contributed by atoms with Gasteiger partial charge in [-0.15, -0.1) is 11.3 Å². The van der Waals surface area contributed by atoms with Crippen LogP contribution in [0.4, 0.5) is 0 Å². The molecule has 8 heteroatoms. The van der Waals surface area contributed by atoms with Crippen LogP contribution in [-0.4, -0.2) is 50.2 Å². The molecule has 1 aromatic heterocycles. The van der Waals surface area contributed by atoms with Crippen LogP contribution in [0, 0.1) is 0 Å². The molecule has 0 amide bonds. The summed E-state index contributed by atoms with van der Waals surface area (Å²) in [5.74, 6) is 0.806. The summed E-state index contributed by atoms with van der Waals surface area (Å²) in [6.45, 7) is 5.98. The number of methoxy groups -OCH3 is 2. The quantitative estimate of drug-likeness (QED) is 0.480. The number of aliphatic imine (C=N–C) groups is 1. The third kappa shape index (κ3) is 6.44. The molecule has 1 N–H and O–H groups in total. The minimum absolute atomic E-state index is 0.00566. The molecule has 2 rings (SSSR count). The van der Waals surface area contributed by atoms with Crippen LogP contribution in [0.1, 0.15) is 42.3 Å². The third-order valence-electron chi connectivity index (χ3n) is 4.28. The number of ether oxygens (including phenoxy) is 2. The number of thiazole rings is 1. The molecule has 0 aliphatic carbocycles. The van der Waals surface area contributed by atoms with Crippen LogP contribution in [0.25, 0.3) is 0 Å². The molecule has 6 nitrogen and oxygen atoms in total.